The second-order valence-corrected chi connectivity index (χ2v) is 4.11. The lowest BCUT2D eigenvalue weighted by Crippen LogP contribution is -2.19. The Morgan fingerprint density at radius 2 is 2.24 bits per heavy atom. The predicted octanol–water partition coefficient (Wildman–Crippen LogP) is 2.37. The van der Waals surface area contributed by atoms with Crippen molar-refractivity contribution in [1.82, 2.24) is 15.1 Å². The van der Waals surface area contributed by atoms with Crippen molar-refractivity contribution >= 4 is 0 Å². The fourth-order valence-electron chi connectivity index (χ4n) is 1.90. The smallest absolute Gasteiger partial charge is 0.0537 e. The molecule has 1 aromatic rings. The molecule has 0 fully saturated rings. The van der Waals surface area contributed by atoms with Crippen LogP contribution in [-0.2, 0) is 11.3 Å². The first kappa shape index (κ1) is 14.2. The van der Waals surface area contributed by atoms with Crippen LogP contribution in [0.25, 0.3) is 0 Å². The summed E-state index contributed by atoms with van der Waals surface area (Å²) in [5, 5.41) is 7.85. The minimum absolute atomic E-state index is 0.431. The van der Waals surface area contributed by atoms with Gasteiger partial charge in [0.05, 0.1) is 6.20 Å². The van der Waals surface area contributed by atoms with E-state index in [1.165, 1.54) is 5.56 Å². The van der Waals surface area contributed by atoms with E-state index in [2.05, 4.69) is 30.5 Å². The Bertz CT molecular complexity index is 299. The molecular weight excluding hydrogens is 214 g/mol. The lowest BCUT2D eigenvalue weighted by molar-refractivity contribution is 0.141. The van der Waals surface area contributed by atoms with Crippen LogP contribution in [0.5, 0.6) is 0 Å². The minimum atomic E-state index is 0.431. The summed E-state index contributed by atoms with van der Waals surface area (Å²) in [5.41, 5.74) is 1.28. The third-order valence-electron chi connectivity index (χ3n) is 2.79. The standard InChI is InChI=1S/C13H25N3O/c1-4-13(14-5-2)12-10-15-16(11-12)8-7-9-17-6-3/h10-11,13-14H,4-9H2,1-3H3. The highest BCUT2D eigenvalue weighted by molar-refractivity contribution is 5.10. The number of nitrogens with one attached hydrogen (secondary N) is 1. The first-order valence-corrected chi connectivity index (χ1v) is 6.65. The Labute approximate surface area is 104 Å². The summed E-state index contributed by atoms with van der Waals surface area (Å²) >= 11 is 0. The molecule has 0 spiro atoms. The van der Waals surface area contributed by atoms with Crippen LogP contribution >= 0.6 is 0 Å². The fraction of sp³-hybridized carbons (Fsp3) is 0.769. The Morgan fingerprint density at radius 3 is 2.88 bits per heavy atom. The van der Waals surface area contributed by atoms with Crippen molar-refractivity contribution in [2.75, 3.05) is 19.8 Å². The summed E-state index contributed by atoms with van der Waals surface area (Å²) in [5.74, 6) is 0. The molecule has 0 saturated carbocycles. The number of aryl methyl sites for hydroxylation is 1. The van der Waals surface area contributed by atoms with Crippen molar-refractivity contribution in [3.63, 3.8) is 0 Å². The molecule has 4 heteroatoms. The third kappa shape index (κ3) is 4.88. The molecule has 0 bridgehead atoms. The Morgan fingerprint density at radius 1 is 1.41 bits per heavy atom. The second-order valence-electron chi connectivity index (χ2n) is 4.11. The lowest BCUT2D eigenvalue weighted by Gasteiger charge is -2.13. The van der Waals surface area contributed by atoms with Crippen LogP contribution in [0.15, 0.2) is 12.4 Å². The molecule has 0 radical (unpaired) electrons. The van der Waals surface area contributed by atoms with Crippen molar-refractivity contribution in [1.29, 1.82) is 0 Å². The van der Waals surface area contributed by atoms with Gasteiger partial charge in [-0.2, -0.15) is 5.10 Å². The summed E-state index contributed by atoms with van der Waals surface area (Å²) in [6, 6.07) is 0.431. The van der Waals surface area contributed by atoms with Gasteiger partial charge in [-0.05, 0) is 26.3 Å². The van der Waals surface area contributed by atoms with Gasteiger partial charge in [-0.15, -0.1) is 0 Å². The molecule has 1 heterocycles. The number of hydrogen-bond acceptors (Lipinski definition) is 3. The van der Waals surface area contributed by atoms with Crippen molar-refractivity contribution in [3.8, 4) is 0 Å². The van der Waals surface area contributed by atoms with E-state index in [4.69, 9.17) is 4.74 Å². The normalized spacial score (nSPS) is 12.9. The van der Waals surface area contributed by atoms with Gasteiger partial charge in [0.1, 0.15) is 0 Å². The number of hydrogen-bond donors (Lipinski definition) is 1. The molecule has 4 nitrogen and oxygen atoms in total. The SMILES string of the molecule is CCNC(CC)c1cnn(CCCOCC)c1. The Hall–Kier alpha value is -0.870. The summed E-state index contributed by atoms with van der Waals surface area (Å²) in [4.78, 5) is 0. The highest BCUT2D eigenvalue weighted by Gasteiger charge is 2.09. The zero-order chi connectivity index (χ0) is 12.5. The molecule has 1 atom stereocenters. The molecule has 1 unspecified atom stereocenters. The molecule has 0 aliphatic rings. The van der Waals surface area contributed by atoms with Gasteiger partial charge in [0.15, 0.2) is 0 Å². The van der Waals surface area contributed by atoms with Gasteiger partial charge in [-0.3, -0.25) is 4.68 Å². The molecule has 0 amide bonds. The van der Waals surface area contributed by atoms with Crippen LogP contribution in [0, 0.1) is 0 Å². The van der Waals surface area contributed by atoms with Gasteiger partial charge in [-0.1, -0.05) is 13.8 Å². The van der Waals surface area contributed by atoms with Crippen molar-refractivity contribution in [2.24, 2.45) is 0 Å². The van der Waals surface area contributed by atoms with Crippen LogP contribution in [0.2, 0.25) is 0 Å². The average molecular weight is 239 g/mol. The van der Waals surface area contributed by atoms with Gasteiger partial charge in [0.2, 0.25) is 0 Å². The predicted molar refractivity (Wildman–Crippen MR) is 70.0 cm³/mol. The first-order valence-electron chi connectivity index (χ1n) is 6.65. The Balaban J connectivity index is 2.40. The molecule has 0 aromatic carbocycles. The molecular formula is C13H25N3O. The molecule has 1 aromatic heterocycles. The van der Waals surface area contributed by atoms with Crippen LogP contribution < -0.4 is 5.32 Å². The van der Waals surface area contributed by atoms with E-state index in [1.54, 1.807) is 0 Å². The second kappa shape index (κ2) is 8.25. The molecule has 0 aliphatic carbocycles. The molecule has 0 saturated heterocycles. The van der Waals surface area contributed by atoms with Crippen LogP contribution in [0.4, 0.5) is 0 Å². The lowest BCUT2D eigenvalue weighted by atomic mass is 10.1. The van der Waals surface area contributed by atoms with Gasteiger partial charge in [0.25, 0.3) is 0 Å². The van der Waals surface area contributed by atoms with Crippen LogP contribution in [0.3, 0.4) is 0 Å². The number of aromatic nitrogens is 2. The minimum Gasteiger partial charge on any atom is -0.382 e. The fourth-order valence-corrected chi connectivity index (χ4v) is 1.90. The van der Waals surface area contributed by atoms with Crippen molar-refractivity contribution in [2.45, 2.75) is 46.2 Å². The van der Waals surface area contributed by atoms with E-state index in [9.17, 15) is 0 Å². The van der Waals surface area contributed by atoms with E-state index >= 15 is 0 Å². The maximum atomic E-state index is 5.32. The highest BCUT2D eigenvalue weighted by atomic mass is 16.5. The number of rotatable bonds is 9. The van der Waals surface area contributed by atoms with Crippen molar-refractivity contribution in [3.05, 3.63) is 18.0 Å². The summed E-state index contributed by atoms with van der Waals surface area (Å²) in [6.07, 6.45) is 6.23. The van der Waals surface area contributed by atoms with Crippen molar-refractivity contribution < 1.29 is 4.74 Å². The first-order chi connectivity index (χ1) is 8.31. The van der Waals surface area contributed by atoms with E-state index in [-0.39, 0.29) is 0 Å². The van der Waals surface area contributed by atoms with Gasteiger partial charge in [-0.25, -0.2) is 0 Å². The molecule has 0 aliphatic heterocycles. The highest BCUT2D eigenvalue weighted by Crippen LogP contribution is 2.15. The molecule has 98 valence electrons. The average Bonchev–Trinajstić information content (AvgIpc) is 2.80. The van der Waals surface area contributed by atoms with Gasteiger partial charge in [0, 0.05) is 37.6 Å². The topological polar surface area (TPSA) is 39.1 Å². The van der Waals surface area contributed by atoms with Gasteiger partial charge >= 0.3 is 0 Å². The number of ether oxygens (including phenoxy) is 1. The van der Waals surface area contributed by atoms with E-state index in [0.717, 1.165) is 39.1 Å². The summed E-state index contributed by atoms with van der Waals surface area (Å²) in [6.45, 7) is 9.89. The van der Waals surface area contributed by atoms with E-state index < -0.39 is 0 Å². The Kier molecular flexibility index (Phi) is 6.89. The maximum absolute atomic E-state index is 5.32. The maximum Gasteiger partial charge on any atom is 0.0537 e. The zero-order valence-corrected chi connectivity index (χ0v) is 11.3. The number of nitrogens with zero attached hydrogens (tertiary/aromatic N) is 2. The summed E-state index contributed by atoms with van der Waals surface area (Å²) < 4.78 is 7.32. The largest absolute Gasteiger partial charge is 0.382 e. The van der Waals surface area contributed by atoms with Gasteiger partial charge < -0.3 is 10.1 Å². The molecule has 17 heavy (non-hydrogen) atoms. The van der Waals surface area contributed by atoms with Crippen LogP contribution in [-0.4, -0.2) is 29.5 Å². The van der Waals surface area contributed by atoms with E-state index in [1.807, 2.05) is 17.8 Å². The van der Waals surface area contributed by atoms with Crippen LogP contribution in [0.1, 0.15) is 45.2 Å². The summed E-state index contributed by atoms with van der Waals surface area (Å²) in [7, 11) is 0. The van der Waals surface area contributed by atoms with E-state index in [0.29, 0.717) is 6.04 Å². The monoisotopic (exact) mass is 239 g/mol. The quantitative estimate of drug-likeness (QED) is 0.672. The zero-order valence-electron chi connectivity index (χ0n) is 11.3. The third-order valence-corrected chi connectivity index (χ3v) is 2.79. The molecule has 1 rings (SSSR count). The molecule has 1 N–H and O–H groups in total.